The topological polar surface area (TPSA) is 74.7 Å². The molecule has 0 bridgehead atoms. The molecule has 0 aromatic heterocycles. The zero-order valence-corrected chi connectivity index (χ0v) is 11.9. The Morgan fingerprint density at radius 2 is 2.10 bits per heavy atom. The molecule has 1 aromatic rings. The van der Waals surface area contributed by atoms with Crippen molar-refractivity contribution in [3.05, 3.63) is 35.4 Å². The molecule has 1 heterocycles. The van der Waals surface area contributed by atoms with E-state index in [2.05, 4.69) is 0 Å². The molecule has 0 aliphatic carbocycles. The van der Waals surface area contributed by atoms with E-state index in [4.69, 9.17) is 5.11 Å². The quantitative estimate of drug-likeness (QED) is 0.881. The summed E-state index contributed by atoms with van der Waals surface area (Å²) in [5.74, 6) is -3.52. The van der Waals surface area contributed by atoms with E-state index in [9.17, 15) is 22.0 Å². The van der Waals surface area contributed by atoms with Gasteiger partial charge in [-0.15, -0.1) is 0 Å². The van der Waals surface area contributed by atoms with Gasteiger partial charge in [-0.3, -0.25) is 4.79 Å². The maximum absolute atomic E-state index is 13.7. The van der Waals surface area contributed by atoms with Crippen molar-refractivity contribution in [3.63, 3.8) is 0 Å². The van der Waals surface area contributed by atoms with Crippen molar-refractivity contribution in [2.45, 2.75) is 12.5 Å². The van der Waals surface area contributed by atoms with Crippen LogP contribution in [0.2, 0.25) is 0 Å². The van der Waals surface area contributed by atoms with Crippen LogP contribution in [0.3, 0.4) is 0 Å². The number of sulfone groups is 1. The monoisotopic (exact) mass is 319 g/mol. The van der Waals surface area contributed by atoms with Crippen LogP contribution >= 0.6 is 0 Å². The van der Waals surface area contributed by atoms with Gasteiger partial charge in [0.05, 0.1) is 23.7 Å². The summed E-state index contributed by atoms with van der Waals surface area (Å²) in [7, 11) is -3.24. The Balaban J connectivity index is 2.30. The van der Waals surface area contributed by atoms with E-state index in [0.717, 1.165) is 17.0 Å². The number of halogens is 2. The minimum Gasteiger partial charge on any atom is -0.395 e. The minimum atomic E-state index is -3.24. The molecule has 1 atom stereocenters. The fourth-order valence-electron chi connectivity index (χ4n) is 2.40. The van der Waals surface area contributed by atoms with Gasteiger partial charge >= 0.3 is 0 Å². The van der Waals surface area contributed by atoms with Crippen LogP contribution < -0.4 is 0 Å². The van der Waals surface area contributed by atoms with Crippen LogP contribution in [-0.4, -0.2) is 55.0 Å². The Labute approximate surface area is 121 Å². The van der Waals surface area contributed by atoms with Crippen LogP contribution in [0.25, 0.3) is 0 Å². The Morgan fingerprint density at radius 1 is 1.38 bits per heavy atom. The average molecular weight is 319 g/mol. The zero-order chi connectivity index (χ0) is 15.6. The molecule has 0 saturated carbocycles. The van der Waals surface area contributed by atoms with Crippen LogP contribution in [0.1, 0.15) is 16.8 Å². The molecule has 2 rings (SSSR count). The summed E-state index contributed by atoms with van der Waals surface area (Å²) in [6.45, 7) is -0.520. The summed E-state index contributed by atoms with van der Waals surface area (Å²) in [4.78, 5) is 13.4. The number of benzene rings is 1. The summed E-state index contributed by atoms with van der Waals surface area (Å²) in [6.07, 6.45) is 0.227. The Bertz CT molecular complexity index is 648. The van der Waals surface area contributed by atoms with Gasteiger partial charge in [-0.1, -0.05) is 6.07 Å². The van der Waals surface area contributed by atoms with E-state index < -0.39 is 39.0 Å². The van der Waals surface area contributed by atoms with Crippen LogP contribution in [0, 0.1) is 11.6 Å². The average Bonchev–Trinajstić information content (AvgIpc) is 2.78. The van der Waals surface area contributed by atoms with Crippen LogP contribution in [0.4, 0.5) is 8.78 Å². The van der Waals surface area contributed by atoms with Crippen LogP contribution in [0.5, 0.6) is 0 Å². The van der Waals surface area contributed by atoms with E-state index >= 15 is 0 Å². The molecule has 1 aromatic carbocycles. The number of aliphatic hydroxyl groups is 1. The van der Waals surface area contributed by atoms with E-state index in [1.807, 2.05) is 0 Å². The number of hydrogen-bond acceptors (Lipinski definition) is 4. The first-order chi connectivity index (χ1) is 9.85. The highest BCUT2D eigenvalue weighted by Crippen LogP contribution is 2.21. The highest BCUT2D eigenvalue weighted by molar-refractivity contribution is 7.91. The predicted octanol–water partition coefficient (Wildman–Crippen LogP) is 0.586. The van der Waals surface area contributed by atoms with Gasteiger partial charge in [0, 0.05) is 12.6 Å². The summed E-state index contributed by atoms with van der Waals surface area (Å²) < 4.78 is 49.9. The third-order valence-electron chi connectivity index (χ3n) is 3.43. The van der Waals surface area contributed by atoms with Gasteiger partial charge in [0.2, 0.25) is 0 Å². The van der Waals surface area contributed by atoms with Gasteiger partial charge in [-0.05, 0) is 18.6 Å². The molecule has 0 radical (unpaired) electrons. The SMILES string of the molecule is O=C(c1cccc(F)c1F)N(CCO)C1CCS(=O)(=O)C1. The predicted molar refractivity (Wildman–Crippen MR) is 71.5 cm³/mol. The van der Waals surface area contributed by atoms with E-state index in [1.54, 1.807) is 0 Å². The maximum atomic E-state index is 13.7. The summed E-state index contributed by atoms with van der Waals surface area (Å²) in [6, 6.07) is 2.60. The number of aliphatic hydroxyl groups excluding tert-OH is 1. The summed E-state index contributed by atoms with van der Waals surface area (Å²) in [5, 5.41) is 9.04. The molecule has 1 unspecified atom stereocenters. The van der Waals surface area contributed by atoms with Crippen LogP contribution in [-0.2, 0) is 9.84 Å². The molecule has 1 aliphatic heterocycles. The fourth-order valence-corrected chi connectivity index (χ4v) is 4.13. The third kappa shape index (κ3) is 3.38. The van der Waals surface area contributed by atoms with Gasteiger partial charge in [-0.25, -0.2) is 17.2 Å². The largest absolute Gasteiger partial charge is 0.395 e. The van der Waals surface area contributed by atoms with Gasteiger partial charge in [0.15, 0.2) is 21.5 Å². The Kier molecular flexibility index (Phi) is 4.58. The van der Waals surface area contributed by atoms with Gasteiger partial charge < -0.3 is 10.0 Å². The van der Waals surface area contributed by atoms with E-state index in [0.29, 0.717) is 0 Å². The van der Waals surface area contributed by atoms with Crippen molar-refractivity contribution in [2.75, 3.05) is 24.7 Å². The standard InChI is InChI=1S/C13H15F2NO4S/c14-11-3-1-2-10(12(11)15)13(18)16(5-6-17)9-4-7-21(19,20)8-9/h1-3,9,17H,4-8H2. The lowest BCUT2D eigenvalue weighted by atomic mass is 10.1. The first-order valence-electron chi connectivity index (χ1n) is 6.42. The molecule has 21 heavy (non-hydrogen) atoms. The van der Waals surface area contributed by atoms with Crippen LogP contribution in [0.15, 0.2) is 18.2 Å². The number of nitrogens with zero attached hydrogens (tertiary/aromatic N) is 1. The lowest BCUT2D eigenvalue weighted by Crippen LogP contribution is -2.43. The molecule has 1 aliphatic rings. The first-order valence-corrected chi connectivity index (χ1v) is 8.24. The third-order valence-corrected chi connectivity index (χ3v) is 5.18. The number of amides is 1. The van der Waals surface area contributed by atoms with Gasteiger partial charge in [0.1, 0.15) is 0 Å². The number of carbonyl (C=O) groups excluding carboxylic acids is 1. The summed E-state index contributed by atoms with van der Waals surface area (Å²) >= 11 is 0. The highest BCUT2D eigenvalue weighted by atomic mass is 32.2. The molecule has 1 saturated heterocycles. The zero-order valence-electron chi connectivity index (χ0n) is 11.1. The van der Waals surface area contributed by atoms with E-state index in [-0.39, 0.29) is 31.1 Å². The first kappa shape index (κ1) is 15.8. The lowest BCUT2D eigenvalue weighted by molar-refractivity contribution is 0.0649. The molecule has 5 nitrogen and oxygen atoms in total. The van der Waals surface area contributed by atoms with Crippen molar-refractivity contribution in [1.29, 1.82) is 0 Å². The molecule has 1 amide bonds. The number of hydrogen-bond donors (Lipinski definition) is 1. The smallest absolute Gasteiger partial charge is 0.257 e. The summed E-state index contributed by atoms with van der Waals surface area (Å²) in [5.41, 5.74) is -0.465. The highest BCUT2D eigenvalue weighted by Gasteiger charge is 2.35. The molecule has 0 spiro atoms. The minimum absolute atomic E-state index is 0.0570. The second-order valence-electron chi connectivity index (χ2n) is 4.88. The molecule has 8 heteroatoms. The van der Waals surface area contributed by atoms with Crippen molar-refractivity contribution >= 4 is 15.7 Å². The molecule has 116 valence electrons. The van der Waals surface area contributed by atoms with Crippen molar-refractivity contribution < 1.29 is 27.1 Å². The second-order valence-corrected chi connectivity index (χ2v) is 7.11. The molecule has 1 N–H and O–H groups in total. The maximum Gasteiger partial charge on any atom is 0.257 e. The van der Waals surface area contributed by atoms with Gasteiger partial charge in [-0.2, -0.15) is 0 Å². The Hall–Kier alpha value is -1.54. The normalized spacial score (nSPS) is 20.4. The van der Waals surface area contributed by atoms with Crippen molar-refractivity contribution in [2.24, 2.45) is 0 Å². The number of carbonyl (C=O) groups is 1. The van der Waals surface area contributed by atoms with E-state index in [1.165, 1.54) is 6.07 Å². The Morgan fingerprint density at radius 3 is 2.67 bits per heavy atom. The second kappa shape index (κ2) is 6.07. The van der Waals surface area contributed by atoms with Crippen molar-refractivity contribution in [1.82, 2.24) is 4.90 Å². The van der Waals surface area contributed by atoms with Crippen molar-refractivity contribution in [3.8, 4) is 0 Å². The molecular formula is C13H15F2NO4S. The number of rotatable bonds is 4. The fraction of sp³-hybridized carbons (Fsp3) is 0.462. The lowest BCUT2D eigenvalue weighted by Gasteiger charge is -2.27. The molecular weight excluding hydrogens is 304 g/mol. The van der Waals surface area contributed by atoms with Gasteiger partial charge in [0.25, 0.3) is 5.91 Å². The molecule has 1 fully saturated rings.